The number of fused-ring (bicyclic) bond motifs is 1. The second-order valence-corrected chi connectivity index (χ2v) is 12.8. The first-order valence-corrected chi connectivity index (χ1v) is 16.3. The summed E-state index contributed by atoms with van der Waals surface area (Å²) in [6.07, 6.45) is 0.391. The largest absolute Gasteiger partial charge is 0.494 e. The Labute approximate surface area is 277 Å². The molecule has 0 atom stereocenters. The molecule has 8 heteroatoms. The third-order valence-corrected chi connectivity index (χ3v) is 9.59. The van der Waals surface area contributed by atoms with Gasteiger partial charge in [-0.2, -0.15) is 0 Å². The Hall–Kier alpha value is -5.47. The zero-order chi connectivity index (χ0) is 32.5. The van der Waals surface area contributed by atoms with Gasteiger partial charge in [0.25, 0.3) is 0 Å². The van der Waals surface area contributed by atoms with Gasteiger partial charge in [0.1, 0.15) is 29.2 Å². The average molecular weight is 639 g/mol. The summed E-state index contributed by atoms with van der Waals surface area (Å²) in [5.74, 6) is 1.45. The molecule has 0 saturated heterocycles. The van der Waals surface area contributed by atoms with Crippen LogP contribution in [0.5, 0.6) is 11.6 Å². The van der Waals surface area contributed by atoms with E-state index < -0.39 is 5.54 Å². The lowest BCUT2D eigenvalue weighted by Gasteiger charge is -2.37. The van der Waals surface area contributed by atoms with Crippen molar-refractivity contribution in [1.29, 1.82) is 0 Å². The minimum atomic E-state index is -1.08. The maximum atomic E-state index is 14.0. The van der Waals surface area contributed by atoms with E-state index in [9.17, 15) is 9.90 Å². The lowest BCUT2D eigenvalue weighted by Crippen LogP contribution is -2.42. The van der Waals surface area contributed by atoms with E-state index in [2.05, 4.69) is 4.98 Å². The van der Waals surface area contributed by atoms with Gasteiger partial charge in [-0.15, -0.1) is 0 Å². The van der Waals surface area contributed by atoms with Gasteiger partial charge in [-0.1, -0.05) is 114 Å². The van der Waals surface area contributed by atoms with Crippen molar-refractivity contribution in [2.45, 2.75) is 32.4 Å². The van der Waals surface area contributed by atoms with Crippen LogP contribution in [0.25, 0.3) is 11.2 Å². The fraction of sp³-hybridized carbons (Fsp3) is 0.154. The van der Waals surface area contributed by atoms with E-state index in [1.54, 1.807) is 4.57 Å². The zero-order valence-electron chi connectivity index (χ0n) is 26.4. The fourth-order valence-electron chi connectivity index (χ4n) is 6.42. The van der Waals surface area contributed by atoms with E-state index in [0.29, 0.717) is 23.7 Å². The van der Waals surface area contributed by atoms with Gasteiger partial charge in [-0.3, -0.25) is 9.36 Å². The highest BCUT2D eigenvalue weighted by atomic mass is 32.1. The number of hydrogen-bond donors (Lipinski definition) is 1. The van der Waals surface area contributed by atoms with Crippen molar-refractivity contribution < 1.29 is 9.84 Å². The van der Waals surface area contributed by atoms with E-state index in [-0.39, 0.29) is 10.8 Å². The lowest BCUT2D eigenvalue weighted by molar-refractivity contribution is 0.292. The Morgan fingerprint density at radius 3 is 1.89 bits per heavy atom. The summed E-state index contributed by atoms with van der Waals surface area (Å²) in [4.78, 5) is 23.8. The van der Waals surface area contributed by atoms with Crippen LogP contribution in [0.2, 0.25) is 0 Å². The number of ether oxygens (including phenoxy) is 1. The van der Waals surface area contributed by atoms with Crippen LogP contribution in [0.4, 0.5) is 0 Å². The Morgan fingerprint density at radius 2 is 1.34 bits per heavy atom. The second kappa shape index (κ2) is 12.4. The number of aromatic nitrogens is 4. The normalized spacial score (nSPS) is 11.6. The van der Waals surface area contributed by atoms with Crippen LogP contribution >= 0.6 is 11.3 Å². The molecule has 0 aliphatic carbocycles. The predicted molar refractivity (Wildman–Crippen MR) is 186 cm³/mol. The van der Waals surface area contributed by atoms with Crippen molar-refractivity contribution in [2.75, 3.05) is 0 Å². The van der Waals surface area contributed by atoms with Crippen LogP contribution < -0.4 is 9.61 Å². The Kier molecular flexibility index (Phi) is 7.95. The number of benzene rings is 4. The minimum absolute atomic E-state index is 0.0436. The number of hydrogen-bond acceptors (Lipinski definition) is 6. The lowest BCUT2D eigenvalue weighted by atomic mass is 9.76. The van der Waals surface area contributed by atoms with Crippen molar-refractivity contribution in [2.24, 2.45) is 7.05 Å². The molecule has 0 unspecified atom stereocenters. The van der Waals surface area contributed by atoms with Gasteiger partial charge in [0, 0.05) is 19.2 Å². The first-order chi connectivity index (χ1) is 22.9. The van der Waals surface area contributed by atoms with Crippen LogP contribution in [0, 0.1) is 13.8 Å². The predicted octanol–water partition coefficient (Wildman–Crippen LogP) is 7.52. The quantitative estimate of drug-likeness (QED) is 0.165. The van der Waals surface area contributed by atoms with Crippen molar-refractivity contribution in [3.8, 4) is 11.6 Å². The molecule has 0 radical (unpaired) electrons. The molecule has 0 saturated carbocycles. The molecular weight excluding hydrogens is 605 g/mol. The molecule has 1 N–H and O–H groups in total. The molecule has 7 rings (SSSR count). The Balaban J connectivity index is 1.21. The molecule has 234 valence electrons. The number of rotatable bonds is 9. The monoisotopic (exact) mass is 638 g/mol. The van der Waals surface area contributed by atoms with Gasteiger partial charge >= 0.3 is 4.87 Å². The highest BCUT2D eigenvalue weighted by molar-refractivity contribution is 7.09. The third-order valence-electron chi connectivity index (χ3n) is 8.66. The van der Waals surface area contributed by atoms with E-state index >= 15 is 0 Å². The summed E-state index contributed by atoms with van der Waals surface area (Å²) < 4.78 is 9.63. The molecule has 4 aromatic carbocycles. The first kappa shape index (κ1) is 30.2. The van der Waals surface area contributed by atoms with Crippen molar-refractivity contribution in [3.05, 3.63) is 175 Å². The van der Waals surface area contributed by atoms with Gasteiger partial charge in [0.05, 0.1) is 4.88 Å². The molecule has 0 spiro atoms. The maximum Gasteiger partial charge on any atom is 0.311 e. The summed E-state index contributed by atoms with van der Waals surface area (Å²) in [6.45, 7) is 4.33. The van der Waals surface area contributed by atoms with Gasteiger partial charge in [0.15, 0.2) is 5.65 Å². The minimum Gasteiger partial charge on any atom is -0.494 e. The summed E-state index contributed by atoms with van der Waals surface area (Å²) in [6, 6.07) is 39.5. The molecule has 7 nitrogen and oxygen atoms in total. The number of pyridine rings is 1. The zero-order valence-corrected chi connectivity index (χ0v) is 27.2. The van der Waals surface area contributed by atoms with E-state index in [1.807, 2.05) is 147 Å². The number of nitrogens with zero attached hydrogens (tertiary/aromatic N) is 4. The van der Waals surface area contributed by atoms with Crippen LogP contribution in [-0.4, -0.2) is 24.2 Å². The van der Waals surface area contributed by atoms with Crippen LogP contribution in [0.15, 0.2) is 126 Å². The van der Waals surface area contributed by atoms with Gasteiger partial charge in [-0.25, -0.2) is 9.97 Å². The maximum absolute atomic E-state index is 14.0. The molecule has 0 bridgehead atoms. The topological polar surface area (TPSA) is 82.2 Å². The van der Waals surface area contributed by atoms with Gasteiger partial charge in [0.2, 0.25) is 5.88 Å². The Morgan fingerprint density at radius 1 is 0.787 bits per heavy atom. The SMILES string of the molecule is Cc1cc(C)c2nc(COc3ccc(Cc4sc(=O)n(C(c5ccccc5)(c5ccccc5)c5ccccc5)c4O)cc3)n(C)c2n1. The van der Waals surface area contributed by atoms with Crippen LogP contribution in [-0.2, 0) is 25.6 Å². The third kappa shape index (κ3) is 5.40. The van der Waals surface area contributed by atoms with Crippen LogP contribution in [0.1, 0.15) is 44.2 Å². The number of aromatic hydroxyl groups is 1. The second-order valence-electron chi connectivity index (χ2n) is 11.7. The van der Waals surface area contributed by atoms with Crippen molar-refractivity contribution in [1.82, 2.24) is 19.1 Å². The van der Waals surface area contributed by atoms with E-state index in [4.69, 9.17) is 9.72 Å². The average Bonchev–Trinajstić information content (AvgIpc) is 3.57. The number of imidazole rings is 1. The fourth-order valence-corrected chi connectivity index (χ4v) is 7.37. The number of thiazole rings is 1. The van der Waals surface area contributed by atoms with Crippen molar-refractivity contribution >= 4 is 22.5 Å². The summed E-state index contributed by atoms with van der Waals surface area (Å²) in [5, 5.41) is 11.9. The van der Waals surface area contributed by atoms with E-state index in [0.717, 1.165) is 61.8 Å². The molecule has 47 heavy (non-hydrogen) atoms. The van der Waals surface area contributed by atoms with E-state index in [1.165, 1.54) is 0 Å². The van der Waals surface area contributed by atoms with Crippen molar-refractivity contribution in [3.63, 3.8) is 0 Å². The first-order valence-electron chi connectivity index (χ1n) is 15.5. The molecule has 0 fully saturated rings. The summed E-state index contributed by atoms with van der Waals surface area (Å²) >= 11 is 1.07. The highest BCUT2D eigenvalue weighted by Crippen LogP contribution is 2.43. The van der Waals surface area contributed by atoms with Gasteiger partial charge < -0.3 is 14.4 Å². The summed E-state index contributed by atoms with van der Waals surface area (Å²) in [5.41, 5.74) is 6.27. The summed E-state index contributed by atoms with van der Waals surface area (Å²) in [7, 11) is 1.95. The van der Waals surface area contributed by atoms with Crippen LogP contribution in [0.3, 0.4) is 0 Å². The smallest absolute Gasteiger partial charge is 0.311 e. The molecular formula is C39H34N4O3S. The standard InChI is InChI=1S/C39H34N4O3S/c1-26-23-27(2)40-36-35(26)41-34(42(36)3)25-46-32-21-19-28(20-22-32)24-33-37(44)43(38(45)47-33)39(29-13-7-4-8-14-29,30-15-9-5-10-16-30)31-17-11-6-12-18-31/h4-23,44H,24-25H2,1-3H3. The molecule has 3 aromatic heterocycles. The Bertz CT molecular complexity index is 2130. The molecule has 0 amide bonds. The highest BCUT2D eigenvalue weighted by Gasteiger charge is 2.42. The molecule has 0 aliphatic rings. The van der Waals surface area contributed by atoms with Gasteiger partial charge in [-0.05, 0) is 59.9 Å². The molecule has 0 aliphatic heterocycles. The molecule has 3 heterocycles. The molecule has 7 aromatic rings. The number of aryl methyl sites for hydroxylation is 3.